The summed E-state index contributed by atoms with van der Waals surface area (Å²) in [6.45, 7) is 1.04. The fraction of sp³-hybridized carbons (Fsp3) is 0.263. The van der Waals surface area contributed by atoms with Crippen LogP contribution in [0, 0.1) is 22.7 Å². The van der Waals surface area contributed by atoms with Gasteiger partial charge in [-0.2, -0.15) is 10.5 Å². The van der Waals surface area contributed by atoms with Crippen molar-refractivity contribution < 1.29 is 4.74 Å². The fourth-order valence-corrected chi connectivity index (χ4v) is 2.31. The van der Waals surface area contributed by atoms with Crippen LogP contribution in [0.3, 0.4) is 0 Å². The van der Waals surface area contributed by atoms with Gasteiger partial charge in [0.25, 0.3) is 0 Å². The number of rotatable bonds is 6. The Morgan fingerprint density at radius 3 is 2.54 bits per heavy atom. The number of nitriles is 2. The topological polar surface area (TPSA) is 86.1 Å². The number of fused-ring (bicyclic) bond motifs is 1. The van der Waals surface area contributed by atoms with E-state index >= 15 is 0 Å². The first kappa shape index (κ1) is 17.3. The van der Waals surface area contributed by atoms with Gasteiger partial charge in [0.15, 0.2) is 0 Å². The Kier molecular flexibility index (Phi) is 5.78. The molecule has 24 heavy (non-hydrogen) atoms. The molecule has 0 unspecified atom stereocenters. The van der Waals surface area contributed by atoms with E-state index in [1.807, 2.05) is 55.4 Å². The number of ether oxygens (including phenoxy) is 1. The van der Waals surface area contributed by atoms with Gasteiger partial charge in [0.1, 0.15) is 23.5 Å². The molecule has 0 amide bonds. The summed E-state index contributed by atoms with van der Waals surface area (Å²) in [6.07, 6.45) is 2.29. The molecule has 0 saturated carbocycles. The molecule has 0 aliphatic heterocycles. The lowest BCUT2D eigenvalue weighted by Crippen LogP contribution is -2.08. The van der Waals surface area contributed by atoms with Crippen LogP contribution in [0.1, 0.15) is 12.0 Å². The Morgan fingerprint density at radius 1 is 1.17 bits per heavy atom. The molecule has 0 aromatic heterocycles. The van der Waals surface area contributed by atoms with Crippen molar-refractivity contribution in [1.29, 1.82) is 10.5 Å². The van der Waals surface area contributed by atoms with E-state index in [2.05, 4.69) is 6.07 Å². The lowest BCUT2D eigenvalue weighted by atomic mass is 10.0. The standard InChI is InChI=1S/C19H20N4O/c1-23(2)18-5-4-15-9-17(8-14(12-21)13-22)19(11-16(15)10-18)24-7-3-6-20/h4-5,8-11H,3,6-7,20H2,1-2H3. The van der Waals surface area contributed by atoms with E-state index in [9.17, 15) is 0 Å². The van der Waals surface area contributed by atoms with Gasteiger partial charge in [-0.05, 0) is 54.1 Å². The maximum atomic E-state index is 9.00. The first-order chi connectivity index (χ1) is 11.6. The Bertz CT molecular complexity index is 825. The molecule has 5 heteroatoms. The van der Waals surface area contributed by atoms with Crippen molar-refractivity contribution in [3.05, 3.63) is 41.5 Å². The summed E-state index contributed by atoms with van der Waals surface area (Å²) in [4.78, 5) is 2.03. The molecule has 0 heterocycles. The van der Waals surface area contributed by atoms with Crippen molar-refractivity contribution in [1.82, 2.24) is 0 Å². The maximum Gasteiger partial charge on any atom is 0.130 e. The molecular weight excluding hydrogens is 300 g/mol. The van der Waals surface area contributed by atoms with E-state index in [1.54, 1.807) is 6.08 Å². The molecule has 0 saturated heterocycles. The van der Waals surface area contributed by atoms with Crippen molar-refractivity contribution in [2.75, 3.05) is 32.1 Å². The van der Waals surface area contributed by atoms with Gasteiger partial charge in [-0.15, -0.1) is 0 Å². The second-order valence-electron chi connectivity index (χ2n) is 5.59. The van der Waals surface area contributed by atoms with E-state index in [0.717, 1.165) is 28.4 Å². The average molecular weight is 320 g/mol. The lowest BCUT2D eigenvalue weighted by molar-refractivity contribution is 0.313. The highest BCUT2D eigenvalue weighted by atomic mass is 16.5. The zero-order chi connectivity index (χ0) is 17.5. The number of anilines is 1. The van der Waals surface area contributed by atoms with Crippen molar-refractivity contribution in [3.8, 4) is 17.9 Å². The third-order valence-electron chi connectivity index (χ3n) is 3.62. The Balaban J connectivity index is 2.55. The van der Waals surface area contributed by atoms with Crippen LogP contribution >= 0.6 is 0 Å². The zero-order valence-corrected chi connectivity index (χ0v) is 13.9. The maximum absolute atomic E-state index is 9.00. The summed E-state index contributed by atoms with van der Waals surface area (Å²) in [5.41, 5.74) is 7.37. The molecule has 2 rings (SSSR count). The molecule has 2 aromatic carbocycles. The van der Waals surface area contributed by atoms with Gasteiger partial charge in [0, 0.05) is 25.3 Å². The zero-order valence-electron chi connectivity index (χ0n) is 13.9. The SMILES string of the molecule is CN(C)c1ccc2cc(C=C(C#N)C#N)c(OCCCN)cc2c1. The van der Waals surface area contributed by atoms with Crippen molar-refractivity contribution >= 4 is 22.5 Å². The summed E-state index contributed by atoms with van der Waals surface area (Å²) >= 11 is 0. The molecule has 2 aromatic rings. The lowest BCUT2D eigenvalue weighted by Gasteiger charge is -2.15. The van der Waals surface area contributed by atoms with Crippen molar-refractivity contribution in [2.45, 2.75) is 6.42 Å². The number of hydrogen-bond acceptors (Lipinski definition) is 5. The van der Waals surface area contributed by atoms with Gasteiger partial charge in [0.05, 0.1) is 6.61 Å². The van der Waals surface area contributed by atoms with Crippen molar-refractivity contribution in [2.24, 2.45) is 5.73 Å². The second-order valence-corrected chi connectivity index (χ2v) is 5.59. The van der Waals surface area contributed by atoms with Gasteiger partial charge in [0.2, 0.25) is 0 Å². The largest absolute Gasteiger partial charge is 0.493 e. The molecule has 0 aliphatic carbocycles. The molecule has 0 radical (unpaired) electrons. The number of benzene rings is 2. The fourth-order valence-electron chi connectivity index (χ4n) is 2.31. The van der Waals surface area contributed by atoms with Gasteiger partial charge in [-0.3, -0.25) is 0 Å². The molecule has 5 nitrogen and oxygen atoms in total. The first-order valence-corrected chi connectivity index (χ1v) is 7.69. The molecule has 0 atom stereocenters. The van der Waals surface area contributed by atoms with Crippen LogP contribution in [0.25, 0.3) is 16.8 Å². The average Bonchev–Trinajstić information content (AvgIpc) is 2.59. The minimum Gasteiger partial charge on any atom is -0.493 e. The molecular formula is C19H20N4O. The number of allylic oxidation sites excluding steroid dienone is 1. The molecule has 122 valence electrons. The van der Waals surface area contributed by atoms with E-state index in [-0.39, 0.29) is 5.57 Å². The molecule has 0 aliphatic rings. The normalized spacial score (nSPS) is 9.88. The predicted octanol–water partition coefficient (Wildman–Crippen LogP) is 3.06. The highest BCUT2D eigenvalue weighted by Gasteiger charge is 2.08. The Labute approximate surface area is 142 Å². The van der Waals surface area contributed by atoms with E-state index in [0.29, 0.717) is 18.9 Å². The Morgan fingerprint density at radius 2 is 1.92 bits per heavy atom. The first-order valence-electron chi connectivity index (χ1n) is 7.69. The smallest absolute Gasteiger partial charge is 0.130 e. The van der Waals surface area contributed by atoms with Crippen LogP contribution in [0.2, 0.25) is 0 Å². The second kappa shape index (κ2) is 8.01. The summed E-state index contributed by atoms with van der Waals surface area (Å²) in [6, 6.07) is 13.8. The van der Waals surface area contributed by atoms with Crippen LogP contribution in [0.5, 0.6) is 5.75 Å². The third kappa shape index (κ3) is 4.04. The van der Waals surface area contributed by atoms with E-state index in [4.69, 9.17) is 21.0 Å². The van der Waals surface area contributed by atoms with E-state index < -0.39 is 0 Å². The molecule has 2 N–H and O–H groups in total. The highest BCUT2D eigenvalue weighted by molar-refractivity contribution is 5.90. The minimum atomic E-state index is 0.0444. The van der Waals surface area contributed by atoms with Crippen molar-refractivity contribution in [3.63, 3.8) is 0 Å². The number of hydrogen-bond donors (Lipinski definition) is 1. The van der Waals surface area contributed by atoms with Crippen LogP contribution < -0.4 is 15.4 Å². The van der Waals surface area contributed by atoms with Gasteiger partial charge in [-0.25, -0.2) is 0 Å². The quantitative estimate of drug-likeness (QED) is 0.653. The van der Waals surface area contributed by atoms with Crippen LogP contribution in [0.4, 0.5) is 5.69 Å². The molecule has 0 spiro atoms. The van der Waals surface area contributed by atoms with E-state index in [1.165, 1.54) is 0 Å². The number of nitrogens with two attached hydrogens (primary N) is 1. The van der Waals surface area contributed by atoms with Gasteiger partial charge < -0.3 is 15.4 Å². The monoisotopic (exact) mass is 320 g/mol. The summed E-state index contributed by atoms with van der Waals surface area (Å²) in [5.74, 6) is 0.648. The highest BCUT2D eigenvalue weighted by Crippen LogP contribution is 2.30. The summed E-state index contributed by atoms with van der Waals surface area (Å²) in [7, 11) is 3.98. The summed E-state index contributed by atoms with van der Waals surface area (Å²) < 4.78 is 5.82. The molecule has 0 fully saturated rings. The third-order valence-corrected chi connectivity index (χ3v) is 3.62. The molecule has 0 bridgehead atoms. The van der Waals surface area contributed by atoms with Crippen LogP contribution in [-0.2, 0) is 0 Å². The van der Waals surface area contributed by atoms with Gasteiger partial charge in [-0.1, -0.05) is 6.07 Å². The summed E-state index contributed by atoms with van der Waals surface area (Å²) in [5, 5.41) is 20.1. The van der Waals surface area contributed by atoms with Crippen LogP contribution in [0.15, 0.2) is 35.9 Å². The Hall–Kier alpha value is -3.02. The predicted molar refractivity (Wildman–Crippen MR) is 96.6 cm³/mol. The van der Waals surface area contributed by atoms with Gasteiger partial charge >= 0.3 is 0 Å². The minimum absolute atomic E-state index is 0.0444. The number of nitrogens with zero attached hydrogens (tertiary/aromatic N) is 3. The van der Waals surface area contributed by atoms with Crippen LogP contribution in [-0.4, -0.2) is 27.2 Å².